The maximum atomic E-state index is 5.94. The monoisotopic (exact) mass is 285 g/mol. The summed E-state index contributed by atoms with van der Waals surface area (Å²) in [5.41, 5.74) is 9.13. The van der Waals surface area contributed by atoms with Crippen LogP contribution >= 0.6 is 0 Å². The van der Waals surface area contributed by atoms with Gasteiger partial charge >= 0.3 is 0 Å². The average molecular weight is 285 g/mol. The quantitative estimate of drug-likeness (QED) is 0.858. The lowest BCUT2D eigenvalue weighted by Gasteiger charge is -2.19. The number of ether oxygens (including phenoxy) is 2. The maximum absolute atomic E-state index is 5.94. The molecule has 0 bridgehead atoms. The van der Waals surface area contributed by atoms with Crippen molar-refractivity contribution in [1.29, 1.82) is 0 Å². The molecule has 0 aliphatic heterocycles. The summed E-state index contributed by atoms with van der Waals surface area (Å²) < 4.78 is 10.9. The Morgan fingerprint density at radius 3 is 2.19 bits per heavy atom. The van der Waals surface area contributed by atoms with Gasteiger partial charge in [-0.15, -0.1) is 0 Å². The molecule has 21 heavy (non-hydrogen) atoms. The van der Waals surface area contributed by atoms with Gasteiger partial charge < -0.3 is 15.2 Å². The topological polar surface area (TPSA) is 44.5 Å². The summed E-state index contributed by atoms with van der Waals surface area (Å²) in [7, 11) is 1.62. The summed E-state index contributed by atoms with van der Waals surface area (Å²) in [5.74, 6) is 1.41. The van der Waals surface area contributed by atoms with E-state index in [1.165, 1.54) is 5.56 Å². The van der Waals surface area contributed by atoms with E-state index >= 15 is 0 Å². The number of nitrogen functional groups attached to an aromatic ring is 1. The fraction of sp³-hybridized carbons (Fsp3) is 0.333. The first-order chi connectivity index (χ1) is 9.90. The van der Waals surface area contributed by atoms with Gasteiger partial charge in [-0.1, -0.05) is 45.0 Å². The van der Waals surface area contributed by atoms with Crippen molar-refractivity contribution in [1.82, 2.24) is 0 Å². The minimum atomic E-state index is 0.166. The van der Waals surface area contributed by atoms with Gasteiger partial charge in [-0.25, -0.2) is 0 Å². The summed E-state index contributed by atoms with van der Waals surface area (Å²) in [6.45, 7) is 7.12. The molecular formula is C18H23NO2. The van der Waals surface area contributed by atoms with Crippen LogP contribution in [0.5, 0.6) is 11.5 Å². The molecule has 3 heteroatoms. The molecule has 112 valence electrons. The Hall–Kier alpha value is -2.16. The average Bonchev–Trinajstić information content (AvgIpc) is 2.45. The van der Waals surface area contributed by atoms with Gasteiger partial charge in [0.15, 0.2) is 0 Å². The molecule has 0 fully saturated rings. The van der Waals surface area contributed by atoms with Crippen LogP contribution in [0.25, 0.3) is 0 Å². The van der Waals surface area contributed by atoms with E-state index in [4.69, 9.17) is 15.2 Å². The second-order valence-corrected chi connectivity index (χ2v) is 6.14. The third-order valence-electron chi connectivity index (χ3n) is 3.43. The van der Waals surface area contributed by atoms with Gasteiger partial charge in [0.05, 0.1) is 12.8 Å². The molecule has 0 saturated carbocycles. The Labute approximate surface area is 126 Å². The molecule has 0 spiro atoms. The fourth-order valence-corrected chi connectivity index (χ4v) is 2.05. The molecule has 0 saturated heterocycles. The van der Waals surface area contributed by atoms with E-state index in [-0.39, 0.29) is 5.41 Å². The zero-order valence-electron chi connectivity index (χ0n) is 13.1. The van der Waals surface area contributed by atoms with Gasteiger partial charge in [0.25, 0.3) is 0 Å². The van der Waals surface area contributed by atoms with Gasteiger partial charge in [0, 0.05) is 6.07 Å². The molecule has 0 heterocycles. The lowest BCUT2D eigenvalue weighted by Crippen LogP contribution is -2.10. The number of hydrogen-bond donors (Lipinski definition) is 1. The first-order valence-electron chi connectivity index (χ1n) is 7.06. The van der Waals surface area contributed by atoms with Crippen molar-refractivity contribution in [3.8, 4) is 11.5 Å². The third kappa shape index (κ3) is 3.91. The summed E-state index contributed by atoms with van der Waals surface area (Å²) in [6.07, 6.45) is 0. The Morgan fingerprint density at radius 1 is 1.00 bits per heavy atom. The molecule has 0 amide bonds. The highest BCUT2D eigenvalue weighted by Gasteiger charge is 2.12. The predicted octanol–water partition coefficient (Wildman–Crippen LogP) is 4.15. The zero-order valence-corrected chi connectivity index (χ0v) is 13.1. The number of nitrogens with two attached hydrogens (primary N) is 1. The Bertz CT molecular complexity index is 598. The van der Waals surface area contributed by atoms with Crippen molar-refractivity contribution in [3.63, 3.8) is 0 Å². The van der Waals surface area contributed by atoms with E-state index in [0.29, 0.717) is 18.0 Å². The number of benzene rings is 2. The normalized spacial score (nSPS) is 11.2. The molecule has 0 aliphatic carbocycles. The van der Waals surface area contributed by atoms with E-state index in [1.54, 1.807) is 13.2 Å². The van der Waals surface area contributed by atoms with Crippen LogP contribution < -0.4 is 15.2 Å². The van der Waals surface area contributed by atoms with E-state index in [0.717, 1.165) is 11.3 Å². The SMILES string of the molecule is COc1ccc(OCc2ccc(C(C)(C)C)cc2)c(N)c1. The molecule has 2 rings (SSSR count). The van der Waals surface area contributed by atoms with E-state index in [1.807, 2.05) is 12.1 Å². The third-order valence-corrected chi connectivity index (χ3v) is 3.43. The van der Waals surface area contributed by atoms with Crippen molar-refractivity contribution in [2.45, 2.75) is 32.8 Å². The van der Waals surface area contributed by atoms with Crippen molar-refractivity contribution in [3.05, 3.63) is 53.6 Å². The molecule has 0 aliphatic rings. The highest BCUT2D eigenvalue weighted by atomic mass is 16.5. The van der Waals surface area contributed by atoms with E-state index < -0.39 is 0 Å². The molecule has 0 radical (unpaired) electrons. The Balaban J connectivity index is 2.03. The van der Waals surface area contributed by atoms with Crippen molar-refractivity contribution in [2.75, 3.05) is 12.8 Å². The molecule has 2 N–H and O–H groups in total. The number of anilines is 1. The minimum Gasteiger partial charge on any atom is -0.497 e. The largest absolute Gasteiger partial charge is 0.497 e. The Morgan fingerprint density at radius 2 is 1.67 bits per heavy atom. The van der Waals surface area contributed by atoms with Gasteiger partial charge in [-0.3, -0.25) is 0 Å². The van der Waals surface area contributed by atoms with Crippen LogP contribution in [0.15, 0.2) is 42.5 Å². The standard InChI is InChI=1S/C18H23NO2/c1-18(2,3)14-7-5-13(6-8-14)12-21-17-10-9-15(20-4)11-16(17)19/h5-11H,12,19H2,1-4H3. The number of hydrogen-bond acceptors (Lipinski definition) is 3. The molecule has 3 nitrogen and oxygen atoms in total. The summed E-state index contributed by atoms with van der Waals surface area (Å²) in [5, 5.41) is 0. The second-order valence-electron chi connectivity index (χ2n) is 6.14. The van der Waals surface area contributed by atoms with Crippen molar-refractivity contribution in [2.24, 2.45) is 0 Å². The lowest BCUT2D eigenvalue weighted by molar-refractivity contribution is 0.307. The summed E-state index contributed by atoms with van der Waals surface area (Å²) in [6, 6.07) is 13.9. The van der Waals surface area contributed by atoms with E-state index in [2.05, 4.69) is 45.0 Å². The number of rotatable bonds is 4. The molecular weight excluding hydrogens is 262 g/mol. The summed E-state index contributed by atoms with van der Waals surface area (Å²) in [4.78, 5) is 0. The van der Waals surface area contributed by atoms with Crippen LogP contribution in [-0.4, -0.2) is 7.11 Å². The highest BCUT2D eigenvalue weighted by Crippen LogP contribution is 2.27. The zero-order chi connectivity index (χ0) is 15.5. The van der Waals surface area contributed by atoms with Crippen LogP contribution in [0.1, 0.15) is 31.9 Å². The van der Waals surface area contributed by atoms with Crippen LogP contribution in [0.4, 0.5) is 5.69 Å². The second kappa shape index (κ2) is 6.08. The van der Waals surface area contributed by atoms with Gasteiger partial charge in [0.1, 0.15) is 18.1 Å². The molecule has 2 aromatic rings. The maximum Gasteiger partial charge on any atom is 0.142 e. The van der Waals surface area contributed by atoms with Crippen LogP contribution in [0.2, 0.25) is 0 Å². The first-order valence-corrected chi connectivity index (χ1v) is 7.06. The molecule has 0 atom stereocenters. The van der Waals surface area contributed by atoms with Crippen molar-refractivity contribution >= 4 is 5.69 Å². The van der Waals surface area contributed by atoms with Gasteiger partial charge in [0.2, 0.25) is 0 Å². The Kier molecular flexibility index (Phi) is 4.41. The van der Waals surface area contributed by atoms with Crippen LogP contribution in [0.3, 0.4) is 0 Å². The first kappa shape index (κ1) is 15.2. The number of methoxy groups -OCH3 is 1. The predicted molar refractivity (Wildman–Crippen MR) is 86.9 cm³/mol. The fourth-order valence-electron chi connectivity index (χ4n) is 2.05. The van der Waals surface area contributed by atoms with E-state index in [9.17, 15) is 0 Å². The van der Waals surface area contributed by atoms with Crippen molar-refractivity contribution < 1.29 is 9.47 Å². The minimum absolute atomic E-state index is 0.166. The van der Waals surface area contributed by atoms with Crippen LogP contribution in [0, 0.1) is 0 Å². The molecule has 2 aromatic carbocycles. The van der Waals surface area contributed by atoms with Crippen LogP contribution in [-0.2, 0) is 12.0 Å². The van der Waals surface area contributed by atoms with Gasteiger partial charge in [-0.05, 0) is 28.7 Å². The molecule has 0 unspecified atom stereocenters. The smallest absolute Gasteiger partial charge is 0.142 e. The molecule has 0 aromatic heterocycles. The highest BCUT2D eigenvalue weighted by molar-refractivity contribution is 5.56. The lowest BCUT2D eigenvalue weighted by atomic mass is 9.87. The summed E-state index contributed by atoms with van der Waals surface area (Å²) >= 11 is 0. The van der Waals surface area contributed by atoms with Gasteiger partial charge in [-0.2, -0.15) is 0 Å².